The third-order valence-electron chi connectivity index (χ3n) is 7.01. The van der Waals surface area contributed by atoms with Crippen molar-refractivity contribution >= 4 is 23.4 Å². The van der Waals surface area contributed by atoms with E-state index in [0.29, 0.717) is 23.0 Å². The van der Waals surface area contributed by atoms with Crippen LogP contribution in [0.3, 0.4) is 0 Å². The fourth-order valence-electron chi connectivity index (χ4n) is 5.35. The summed E-state index contributed by atoms with van der Waals surface area (Å²) in [6.45, 7) is 5.19. The van der Waals surface area contributed by atoms with Crippen molar-refractivity contribution in [1.29, 1.82) is 0 Å². The van der Waals surface area contributed by atoms with E-state index in [9.17, 15) is 19.1 Å². The van der Waals surface area contributed by atoms with E-state index in [2.05, 4.69) is 10.4 Å². The molecule has 1 saturated heterocycles. The van der Waals surface area contributed by atoms with Crippen LogP contribution in [0, 0.1) is 5.82 Å². The van der Waals surface area contributed by atoms with Crippen LogP contribution in [0.5, 0.6) is 0 Å². The van der Waals surface area contributed by atoms with Crippen molar-refractivity contribution < 1.29 is 19.1 Å². The topological polar surface area (TPSA) is 90.7 Å². The largest absolute Gasteiger partial charge is 0.465 e. The number of carbonyl (C=O) groups is 2. The summed E-state index contributed by atoms with van der Waals surface area (Å²) in [6, 6.07) is 10.4. The maximum Gasteiger partial charge on any atom is 0.412 e. The zero-order valence-corrected chi connectivity index (χ0v) is 19.7. The number of amides is 2. The minimum absolute atomic E-state index is 0.192. The molecule has 182 valence electrons. The summed E-state index contributed by atoms with van der Waals surface area (Å²) in [5.41, 5.74) is 3.24. The highest BCUT2D eigenvalue weighted by atomic mass is 19.1. The molecule has 3 aromatic rings. The van der Waals surface area contributed by atoms with E-state index in [-0.39, 0.29) is 5.91 Å². The number of nitrogens with zero attached hydrogens (tertiary/aromatic N) is 4. The predicted octanol–water partition coefficient (Wildman–Crippen LogP) is 4.59. The lowest BCUT2D eigenvalue weighted by Gasteiger charge is -2.46. The fraction of sp³-hybridized carbons (Fsp3) is 0.346. The molecule has 8 nitrogen and oxygen atoms in total. The molecule has 35 heavy (non-hydrogen) atoms. The average molecular weight is 478 g/mol. The van der Waals surface area contributed by atoms with Crippen LogP contribution in [0.4, 0.5) is 20.6 Å². The van der Waals surface area contributed by atoms with Crippen molar-refractivity contribution in [3.8, 4) is 11.1 Å². The number of halogens is 1. The number of nitrogens with one attached hydrogen (secondary N) is 1. The molecular formula is C26H28FN5O3. The number of fused-ring (bicyclic) bond motifs is 1. The number of carboxylic acid groups (broad SMARTS) is 1. The SMILES string of the molecule is CC(=O)N1c2ccc(-c3cnn(C4CCNCC4)c3)cc2N(C(=O)O)C(c2ccc(F)cc2)[C@@H]1C. The lowest BCUT2D eigenvalue weighted by molar-refractivity contribution is -0.117. The highest BCUT2D eigenvalue weighted by molar-refractivity contribution is 6.03. The lowest BCUT2D eigenvalue weighted by Crippen LogP contribution is -2.53. The van der Waals surface area contributed by atoms with Gasteiger partial charge in [-0.1, -0.05) is 18.2 Å². The van der Waals surface area contributed by atoms with Crippen LogP contribution in [0.1, 0.15) is 44.3 Å². The van der Waals surface area contributed by atoms with Gasteiger partial charge in [0.15, 0.2) is 0 Å². The molecule has 0 bridgehead atoms. The molecule has 1 fully saturated rings. The Bertz CT molecular complexity index is 1250. The Morgan fingerprint density at radius 2 is 1.74 bits per heavy atom. The summed E-state index contributed by atoms with van der Waals surface area (Å²) in [7, 11) is 0. The summed E-state index contributed by atoms with van der Waals surface area (Å²) in [4.78, 5) is 28.2. The molecule has 2 amide bonds. The van der Waals surface area contributed by atoms with Gasteiger partial charge >= 0.3 is 6.09 Å². The molecule has 0 radical (unpaired) electrons. The monoisotopic (exact) mass is 477 g/mol. The zero-order valence-electron chi connectivity index (χ0n) is 19.7. The van der Waals surface area contributed by atoms with E-state index in [1.54, 1.807) is 35.4 Å². The van der Waals surface area contributed by atoms with Gasteiger partial charge in [-0.3, -0.25) is 14.4 Å². The minimum atomic E-state index is -1.14. The van der Waals surface area contributed by atoms with Gasteiger partial charge in [0, 0.05) is 18.7 Å². The Labute approximate surface area is 203 Å². The second kappa shape index (κ2) is 9.14. The van der Waals surface area contributed by atoms with Crippen LogP contribution < -0.4 is 15.1 Å². The van der Waals surface area contributed by atoms with Gasteiger partial charge in [0.2, 0.25) is 5.91 Å². The predicted molar refractivity (Wildman–Crippen MR) is 131 cm³/mol. The molecular weight excluding hydrogens is 449 g/mol. The van der Waals surface area contributed by atoms with Crippen molar-refractivity contribution in [2.24, 2.45) is 0 Å². The highest BCUT2D eigenvalue weighted by Crippen LogP contribution is 2.46. The Morgan fingerprint density at radius 3 is 2.40 bits per heavy atom. The van der Waals surface area contributed by atoms with E-state index < -0.39 is 24.0 Å². The molecule has 9 heteroatoms. The first-order valence-electron chi connectivity index (χ1n) is 11.8. The standard InChI is InChI=1S/C26H28FN5O3/c1-16-25(18-3-6-21(27)7-4-18)32(26(34)35)24-13-19(5-8-23(24)31(16)17(2)33)20-14-29-30(15-20)22-9-11-28-12-10-22/h3-8,13-16,22,25,28H,9-12H2,1-2H3,(H,34,35)/t16-,25?/m0/s1. The smallest absolute Gasteiger partial charge is 0.412 e. The molecule has 2 aliphatic rings. The number of hydrogen-bond donors (Lipinski definition) is 2. The van der Waals surface area contributed by atoms with Crippen molar-refractivity contribution in [3.05, 3.63) is 66.2 Å². The number of aromatic nitrogens is 2. The third-order valence-corrected chi connectivity index (χ3v) is 7.01. The maximum absolute atomic E-state index is 13.6. The quantitative estimate of drug-likeness (QED) is 0.576. The number of benzene rings is 2. The van der Waals surface area contributed by atoms with Crippen LogP contribution in [0.2, 0.25) is 0 Å². The minimum Gasteiger partial charge on any atom is -0.465 e. The molecule has 1 unspecified atom stereocenters. The van der Waals surface area contributed by atoms with Gasteiger partial charge in [-0.2, -0.15) is 5.10 Å². The maximum atomic E-state index is 13.6. The number of hydrogen-bond acceptors (Lipinski definition) is 4. The molecule has 3 heterocycles. The van der Waals surface area contributed by atoms with E-state index in [1.807, 2.05) is 23.9 Å². The first kappa shape index (κ1) is 23.0. The summed E-state index contributed by atoms with van der Waals surface area (Å²) in [6.07, 6.45) is 4.65. The first-order valence-corrected chi connectivity index (χ1v) is 11.8. The zero-order chi connectivity index (χ0) is 24.7. The molecule has 0 saturated carbocycles. The molecule has 5 rings (SSSR count). The molecule has 1 aromatic heterocycles. The summed E-state index contributed by atoms with van der Waals surface area (Å²) in [5.74, 6) is -0.599. The van der Waals surface area contributed by atoms with Gasteiger partial charge in [-0.15, -0.1) is 0 Å². The Morgan fingerprint density at radius 1 is 1.03 bits per heavy atom. The van der Waals surface area contributed by atoms with E-state index in [1.165, 1.54) is 24.0 Å². The third kappa shape index (κ3) is 4.16. The van der Waals surface area contributed by atoms with Gasteiger partial charge in [0.05, 0.1) is 35.7 Å². The lowest BCUT2D eigenvalue weighted by atomic mass is 9.92. The van der Waals surface area contributed by atoms with Gasteiger partial charge in [0.1, 0.15) is 5.82 Å². The molecule has 0 aliphatic carbocycles. The second-order valence-electron chi connectivity index (χ2n) is 9.17. The summed E-state index contributed by atoms with van der Waals surface area (Å²) >= 11 is 0. The van der Waals surface area contributed by atoms with Crippen molar-refractivity contribution in [3.63, 3.8) is 0 Å². The second-order valence-corrected chi connectivity index (χ2v) is 9.17. The van der Waals surface area contributed by atoms with Crippen LogP contribution in [-0.4, -0.2) is 46.0 Å². The van der Waals surface area contributed by atoms with Crippen molar-refractivity contribution in [1.82, 2.24) is 15.1 Å². The van der Waals surface area contributed by atoms with Gasteiger partial charge < -0.3 is 15.3 Å². The fourth-order valence-corrected chi connectivity index (χ4v) is 5.35. The molecule has 2 aromatic carbocycles. The van der Waals surface area contributed by atoms with Gasteiger partial charge in [0.25, 0.3) is 0 Å². The Hall–Kier alpha value is -3.72. The summed E-state index contributed by atoms with van der Waals surface area (Å²) in [5, 5.41) is 18.2. The van der Waals surface area contributed by atoms with E-state index in [0.717, 1.165) is 37.1 Å². The number of piperidine rings is 1. The molecule has 2 aliphatic heterocycles. The van der Waals surface area contributed by atoms with Crippen molar-refractivity contribution in [2.45, 2.75) is 44.8 Å². The first-order chi connectivity index (χ1) is 16.8. The van der Waals surface area contributed by atoms with Crippen LogP contribution in [0.15, 0.2) is 54.9 Å². The van der Waals surface area contributed by atoms with E-state index in [4.69, 9.17) is 0 Å². The van der Waals surface area contributed by atoms with E-state index >= 15 is 0 Å². The highest BCUT2D eigenvalue weighted by Gasteiger charge is 2.42. The van der Waals surface area contributed by atoms with Crippen LogP contribution in [-0.2, 0) is 4.79 Å². The normalized spacial score (nSPS) is 20.5. The van der Waals surface area contributed by atoms with Gasteiger partial charge in [-0.05, 0) is 68.2 Å². The Balaban J connectivity index is 1.60. The van der Waals surface area contributed by atoms with Crippen molar-refractivity contribution in [2.75, 3.05) is 22.9 Å². The van der Waals surface area contributed by atoms with Crippen LogP contribution >= 0.6 is 0 Å². The molecule has 2 N–H and O–H groups in total. The van der Waals surface area contributed by atoms with Crippen LogP contribution in [0.25, 0.3) is 11.1 Å². The molecule has 0 spiro atoms. The number of carbonyl (C=O) groups excluding carboxylic acids is 1. The summed E-state index contributed by atoms with van der Waals surface area (Å²) < 4.78 is 15.6. The Kier molecular flexibility index (Phi) is 6.02. The number of rotatable bonds is 3. The van der Waals surface area contributed by atoms with Gasteiger partial charge in [-0.25, -0.2) is 9.18 Å². The average Bonchev–Trinajstić information content (AvgIpc) is 3.34. The molecule has 2 atom stereocenters. The number of anilines is 2.